The number of benzene rings is 1. The van der Waals surface area contributed by atoms with Gasteiger partial charge in [-0.25, -0.2) is 9.97 Å². The second-order valence-corrected chi connectivity index (χ2v) is 12.6. The summed E-state index contributed by atoms with van der Waals surface area (Å²) >= 11 is 2.93. The van der Waals surface area contributed by atoms with E-state index in [4.69, 9.17) is 25.7 Å². The number of allylic oxidation sites excluding steroid dienone is 1. The maximum atomic E-state index is 12.9. The highest BCUT2D eigenvalue weighted by Gasteiger charge is 2.21. The van der Waals surface area contributed by atoms with Gasteiger partial charge >= 0.3 is 0 Å². The number of nitrogens with zero attached hydrogens (tertiary/aromatic N) is 2. The lowest BCUT2D eigenvalue weighted by Crippen LogP contribution is -2.01. The molecule has 0 bridgehead atoms. The van der Waals surface area contributed by atoms with Crippen molar-refractivity contribution in [1.82, 2.24) is 9.97 Å². The lowest BCUT2D eigenvalue weighted by Gasteiger charge is -2.09. The van der Waals surface area contributed by atoms with E-state index in [0.717, 1.165) is 57.4 Å². The molecule has 4 rings (SSSR count). The minimum atomic E-state index is -1.15. The smallest absolute Gasteiger partial charge is 0.141 e. The Morgan fingerprint density at radius 2 is 1.76 bits per heavy atom. The molecule has 1 unspecified atom stereocenters. The van der Waals surface area contributed by atoms with Crippen LogP contribution in [0.3, 0.4) is 0 Å². The molecule has 0 spiro atoms. The molecular formula is C38H39N3O5S3. The van der Waals surface area contributed by atoms with Gasteiger partial charge in [-0.3, -0.25) is 4.21 Å². The fourth-order valence-electron chi connectivity index (χ4n) is 3.51. The summed E-state index contributed by atoms with van der Waals surface area (Å²) < 4.78 is 23.6. The Hall–Kier alpha value is -5.35. The zero-order chi connectivity index (χ0) is 36.4. The molecule has 0 aliphatic rings. The first kappa shape index (κ1) is 41.7. The average Bonchev–Trinajstić information content (AvgIpc) is 3.79. The maximum absolute atomic E-state index is 12.9. The van der Waals surface area contributed by atoms with Crippen molar-refractivity contribution in [1.29, 1.82) is 0 Å². The number of pyridine rings is 1. The first-order chi connectivity index (χ1) is 23.8. The predicted molar refractivity (Wildman–Crippen MR) is 205 cm³/mol. The third-order valence-corrected chi connectivity index (χ3v) is 9.38. The third kappa shape index (κ3) is 14.5. The van der Waals surface area contributed by atoms with Crippen LogP contribution in [0.4, 0.5) is 5.69 Å². The molecule has 0 radical (unpaired) electrons. The van der Waals surface area contributed by atoms with Crippen LogP contribution in [-0.4, -0.2) is 43.4 Å². The van der Waals surface area contributed by atoms with Crippen molar-refractivity contribution in [3.05, 3.63) is 140 Å². The molecule has 0 amide bonds. The third-order valence-electron chi connectivity index (χ3n) is 5.59. The van der Waals surface area contributed by atoms with E-state index >= 15 is 0 Å². The number of hydrogen-bond acceptors (Lipinski definition) is 10. The van der Waals surface area contributed by atoms with Gasteiger partial charge in [0.05, 0.1) is 23.1 Å². The summed E-state index contributed by atoms with van der Waals surface area (Å²) in [6.07, 6.45) is 6.98. The molecule has 0 saturated heterocycles. The highest BCUT2D eigenvalue weighted by Crippen LogP contribution is 2.43. The van der Waals surface area contributed by atoms with Gasteiger partial charge in [0.15, 0.2) is 0 Å². The molecule has 4 N–H and O–H groups in total. The van der Waals surface area contributed by atoms with Gasteiger partial charge in [-0.1, -0.05) is 61.6 Å². The van der Waals surface area contributed by atoms with Gasteiger partial charge in [-0.15, -0.1) is 22.7 Å². The molecule has 4 aromatic rings. The Morgan fingerprint density at radius 1 is 1.10 bits per heavy atom. The first-order valence-corrected chi connectivity index (χ1v) is 17.5. The first-order valence-electron chi connectivity index (χ1n) is 14.5. The van der Waals surface area contributed by atoms with Gasteiger partial charge in [-0.2, -0.15) is 0 Å². The summed E-state index contributed by atoms with van der Waals surface area (Å²) in [7, 11) is -1.15. The van der Waals surface area contributed by atoms with Crippen LogP contribution < -0.4 is 10.5 Å². The summed E-state index contributed by atoms with van der Waals surface area (Å²) in [4.78, 5) is 9.98. The summed E-state index contributed by atoms with van der Waals surface area (Å²) in [5, 5.41) is 20.6. The number of nitrogens with two attached hydrogens (primary N) is 1. The number of aliphatic hydroxyl groups is 2. The molecule has 0 aliphatic carbocycles. The lowest BCUT2D eigenvalue weighted by molar-refractivity contribution is 0.201. The average molecular weight is 714 g/mol. The Balaban J connectivity index is 0.000000549. The second kappa shape index (κ2) is 24.8. The van der Waals surface area contributed by atoms with E-state index in [1.54, 1.807) is 6.20 Å². The second-order valence-electron chi connectivity index (χ2n) is 8.91. The van der Waals surface area contributed by atoms with Crippen molar-refractivity contribution in [3.8, 4) is 27.6 Å². The zero-order valence-corrected chi connectivity index (χ0v) is 29.8. The van der Waals surface area contributed by atoms with Crippen molar-refractivity contribution < 1.29 is 23.9 Å². The predicted octanol–water partition coefficient (Wildman–Crippen LogP) is 9.21. The topological polar surface area (TPSA) is 128 Å². The van der Waals surface area contributed by atoms with Gasteiger partial charge in [-0.05, 0) is 79.6 Å². The number of ether oxygens (including phenoxy) is 2. The Bertz CT molecular complexity index is 1870. The molecule has 8 nitrogen and oxygen atoms in total. The van der Waals surface area contributed by atoms with E-state index in [0.29, 0.717) is 27.2 Å². The molecule has 1 aromatic carbocycles. The SMILES string of the molecule is C=C=C=C=C.C=C=C=C=C.C=CC(=C)O/C=C/O.CCCCS(=O)c1sc2nc(-c3nccs3)cc(-c3ccc(OCCO)cc3)c2c1N. The Morgan fingerprint density at radius 3 is 2.24 bits per heavy atom. The molecule has 0 saturated carbocycles. The number of unbranched alkanes of at least 4 members (excludes halogenated alkanes) is 1. The number of thiazole rings is 1. The number of aliphatic hydroxyl groups excluding tert-OH is 2. The van der Waals surface area contributed by atoms with Crippen molar-refractivity contribution in [2.45, 2.75) is 24.0 Å². The van der Waals surface area contributed by atoms with E-state index in [-0.39, 0.29) is 13.2 Å². The Kier molecular flexibility index (Phi) is 21.1. The molecule has 254 valence electrons. The van der Waals surface area contributed by atoms with E-state index in [9.17, 15) is 4.21 Å². The minimum Gasteiger partial charge on any atom is -0.512 e. The van der Waals surface area contributed by atoms with Crippen LogP contribution in [0.5, 0.6) is 5.75 Å². The van der Waals surface area contributed by atoms with E-state index in [2.05, 4.69) is 90.5 Å². The quantitative estimate of drug-likeness (QED) is 0.0754. The largest absolute Gasteiger partial charge is 0.512 e. The highest BCUT2D eigenvalue weighted by molar-refractivity contribution is 7.87. The van der Waals surface area contributed by atoms with Gasteiger partial charge in [0, 0.05) is 22.7 Å². The number of aromatic nitrogens is 2. The standard InChI is InChI=1S/C22H23N3O3S3.C6H8O2.2C5H4/c1-2-3-12-31(27)22-19(23)18-16(14-4-6-15(7-5-14)28-10-9-26)13-17(25-21(18)30-22)20-24-8-11-29-20;1-3-6(2)8-5-4-7;2*1-3-5-4-2/h4-8,11,13,26H,2-3,9-10,12,23H2,1H3;3-5,7H,1-2H2;2*1-2H2/b;5-4+;;. The summed E-state index contributed by atoms with van der Waals surface area (Å²) in [6, 6.07) is 9.63. The summed E-state index contributed by atoms with van der Waals surface area (Å²) in [6.45, 7) is 21.9. The van der Waals surface area contributed by atoms with Gasteiger partial charge in [0.25, 0.3) is 0 Å². The van der Waals surface area contributed by atoms with Crippen LogP contribution in [-0.2, 0) is 15.5 Å². The van der Waals surface area contributed by atoms with Crippen LogP contribution >= 0.6 is 22.7 Å². The number of anilines is 1. The lowest BCUT2D eigenvalue weighted by atomic mass is 10.0. The number of thiophene rings is 1. The van der Waals surface area contributed by atoms with Crippen molar-refractivity contribution in [2.24, 2.45) is 0 Å². The van der Waals surface area contributed by atoms with Crippen LogP contribution in [0.2, 0.25) is 0 Å². The molecular weight excluding hydrogens is 675 g/mol. The number of rotatable bonds is 12. The number of fused-ring (bicyclic) bond motifs is 1. The fourth-order valence-corrected chi connectivity index (χ4v) is 6.90. The van der Waals surface area contributed by atoms with Crippen LogP contribution in [0.1, 0.15) is 19.8 Å². The molecule has 11 heteroatoms. The molecule has 1 atom stereocenters. The van der Waals surface area contributed by atoms with Gasteiger partial charge in [0.1, 0.15) is 50.4 Å². The van der Waals surface area contributed by atoms with Crippen molar-refractivity contribution in [2.75, 3.05) is 24.7 Å². The normalized spacial score (nSPS) is 9.92. The minimum absolute atomic E-state index is 0.0344. The summed E-state index contributed by atoms with van der Waals surface area (Å²) in [5.41, 5.74) is 23.9. The fraction of sp³-hybridized carbons (Fsp3) is 0.158. The summed E-state index contributed by atoms with van der Waals surface area (Å²) in [5.74, 6) is 1.69. The zero-order valence-electron chi connectivity index (χ0n) is 27.4. The van der Waals surface area contributed by atoms with E-state index in [1.165, 1.54) is 28.7 Å². The van der Waals surface area contributed by atoms with Crippen LogP contribution in [0.25, 0.3) is 32.0 Å². The molecule has 3 aromatic heterocycles. The molecule has 3 heterocycles. The van der Waals surface area contributed by atoms with Gasteiger partial charge < -0.3 is 25.4 Å². The monoisotopic (exact) mass is 713 g/mol. The van der Waals surface area contributed by atoms with Crippen LogP contribution in [0, 0.1) is 0 Å². The van der Waals surface area contributed by atoms with Crippen LogP contribution in [0.15, 0.2) is 144 Å². The van der Waals surface area contributed by atoms with Crippen molar-refractivity contribution in [3.63, 3.8) is 0 Å². The molecule has 0 aliphatic heterocycles. The highest BCUT2D eigenvalue weighted by atomic mass is 32.2. The van der Waals surface area contributed by atoms with E-state index in [1.807, 2.05) is 35.7 Å². The Labute approximate surface area is 298 Å². The number of nitrogen functional groups attached to an aromatic ring is 1. The van der Waals surface area contributed by atoms with Crippen molar-refractivity contribution >= 4 is 49.4 Å². The molecule has 49 heavy (non-hydrogen) atoms. The molecule has 0 fully saturated rings. The van der Waals surface area contributed by atoms with E-state index < -0.39 is 10.8 Å². The maximum Gasteiger partial charge on any atom is 0.141 e. The number of hydrogen-bond donors (Lipinski definition) is 3. The van der Waals surface area contributed by atoms with Gasteiger partial charge in [0.2, 0.25) is 0 Å².